The molecule has 2 fully saturated rings. The van der Waals surface area contributed by atoms with Gasteiger partial charge < -0.3 is 5.32 Å². The highest BCUT2D eigenvalue weighted by Gasteiger charge is 2.53. The van der Waals surface area contributed by atoms with Gasteiger partial charge in [-0.1, -0.05) is 36.6 Å². The van der Waals surface area contributed by atoms with Gasteiger partial charge in [0.15, 0.2) is 0 Å². The van der Waals surface area contributed by atoms with E-state index >= 15 is 0 Å². The SMILES string of the molecule is CNC(c1cccc(Cl)c1)C1C2CCCCC21. The number of fused-ring (bicyclic) bond motifs is 1. The van der Waals surface area contributed by atoms with Gasteiger partial charge in [-0.15, -0.1) is 0 Å². The zero-order valence-electron chi connectivity index (χ0n) is 10.3. The lowest BCUT2D eigenvalue weighted by molar-refractivity contribution is 0.480. The zero-order chi connectivity index (χ0) is 11.8. The first-order valence-corrected chi connectivity index (χ1v) is 7.12. The Bertz CT molecular complexity index is 392. The highest BCUT2D eigenvalue weighted by atomic mass is 35.5. The van der Waals surface area contributed by atoms with Crippen LogP contribution in [0.15, 0.2) is 24.3 Å². The van der Waals surface area contributed by atoms with Crippen molar-refractivity contribution in [3.05, 3.63) is 34.9 Å². The Morgan fingerprint density at radius 2 is 1.94 bits per heavy atom. The quantitative estimate of drug-likeness (QED) is 0.853. The fourth-order valence-corrected chi connectivity index (χ4v) is 4.02. The molecule has 1 nitrogen and oxygen atoms in total. The third-order valence-corrected chi connectivity index (χ3v) is 4.86. The predicted molar refractivity (Wildman–Crippen MR) is 72.2 cm³/mol. The molecular formula is C15H20ClN. The van der Waals surface area contributed by atoms with Crippen LogP contribution in [-0.4, -0.2) is 7.05 Å². The molecule has 3 rings (SSSR count). The van der Waals surface area contributed by atoms with Crippen LogP contribution in [0.25, 0.3) is 0 Å². The molecule has 17 heavy (non-hydrogen) atoms. The molecule has 2 saturated carbocycles. The summed E-state index contributed by atoms with van der Waals surface area (Å²) in [6.07, 6.45) is 5.75. The molecule has 0 bridgehead atoms. The van der Waals surface area contributed by atoms with Crippen LogP contribution >= 0.6 is 11.6 Å². The highest BCUT2D eigenvalue weighted by Crippen LogP contribution is 2.60. The van der Waals surface area contributed by atoms with Crippen molar-refractivity contribution in [2.24, 2.45) is 17.8 Å². The number of hydrogen-bond acceptors (Lipinski definition) is 1. The molecule has 1 aromatic carbocycles. The summed E-state index contributed by atoms with van der Waals surface area (Å²) in [6, 6.07) is 8.85. The third kappa shape index (κ3) is 2.11. The molecule has 0 aromatic heterocycles. The van der Waals surface area contributed by atoms with E-state index in [0.717, 1.165) is 22.8 Å². The minimum absolute atomic E-state index is 0.502. The molecule has 0 spiro atoms. The van der Waals surface area contributed by atoms with Crippen molar-refractivity contribution in [1.82, 2.24) is 5.32 Å². The van der Waals surface area contributed by atoms with Crippen molar-refractivity contribution in [3.8, 4) is 0 Å². The lowest BCUT2D eigenvalue weighted by Crippen LogP contribution is -2.19. The summed E-state index contributed by atoms with van der Waals surface area (Å²) in [5, 5.41) is 4.36. The lowest BCUT2D eigenvalue weighted by Gasteiger charge is -2.17. The van der Waals surface area contributed by atoms with Gasteiger partial charge in [-0.2, -0.15) is 0 Å². The standard InChI is InChI=1S/C15H20ClN/c1-17-15(10-5-4-6-11(16)9-10)14-12-7-2-3-8-13(12)14/h4-6,9,12-15,17H,2-3,7-8H2,1H3. The molecule has 0 amide bonds. The van der Waals surface area contributed by atoms with Crippen LogP contribution in [-0.2, 0) is 0 Å². The minimum Gasteiger partial charge on any atom is -0.313 e. The monoisotopic (exact) mass is 249 g/mol. The maximum Gasteiger partial charge on any atom is 0.0409 e. The van der Waals surface area contributed by atoms with Crippen LogP contribution in [0.3, 0.4) is 0 Å². The van der Waals surface area contributed by atoms with E-state index in [2.05, 4.69) is 30.6 Å². The van der Waals surface area contributed by atoms with Crippen LogP contribution < -0.4 is 5.32 Å². The van der Waals surface area contributed by atoms with Gasteiger partial charge in [-0.05, 0) is 55.3 Å². The zero-order valence-corrected chi connectivity index (χ0v) is 11.1. The predicted octanol–water partition coefficient (Wildman–Crippen LogP) is 4.04. The number of rotatable bonds is 3. The van der Waals surface area contributed by atoms with Crippen LogP contribution in [0.5, 0.6) is 0 Å². The molecule has 3 unspecified atom stereocenters. The molecule has 0 radical (unpaired) electrons. The summed E-state index contributed by atoms with van der Waals surface area (Å²) in [5.41, 5.74) is 1.36. The molecule has 0 heterocycles. The van der Waals surface area contributed by atoms with Gasteiger partial charge in [0, 0.05) is 11.1 Å². The first-order chi connectivity index (χ1) is 8.31. The van der Waals surface area contributed by atoms with Gasteiger partial charge in [0.25, 0.3) is 0 Å². The van der Waals surface area contributed by atoms with Gasteiger partial charge in [-0.3, -0.25) is 0 Å². The summed E-state index contributed by atoms with van der Waals surface area (Å²) in [4.78, 5) is 0. The van der Waals surface area contributed by atoms with E-state index in [1.807, 2.05) is 6.07 Å². The summed E-state index contributed by atoms with van der Waals surface area (Å²) in [6.45, 7) is 0. The second-order valence-electron chi connectivity index (χ2n) is 5.51. The van der Waals surface area contributed by atoms with Gasteiger partial charge in [0.05, 0.1) is 0 Å². The average molecular weight is 250 g/mol. The van der Waals surface area contributed by atoms with Crippen molar-refractivity contribution in [2.45, 2.75) is 31.7 Å². The van der Waals surface area contributed by atoms with E-state index in [9.17, 15) is 0 Å². The van der Waals surface area contributed by atoms with Crippen LogP contribution in [0.2, 0.25) is 5.02 Å². The normalized spacial score (nSPS) is 32.9. The molecular weight excluding hydrogens is 230 g/mol. The third-order valence-electron chi connectivity index (χ3n) is 4.63. The summed E-state index contributed by atoms with van der Waals surface area (Å²) >= 11 is 6.10. The molecule has 3 atom stereocenters. The van der Waals surface area contributed by atoms with Crippen molar-refractivity contribution in [2.75, 3.05) is 7.05 Å². The second kappa shape index (κ2) is 4.62. The minimum atomic E-state index is 0.502. The Balaban J connectivity index is 1.80. The van der Waals surface area contributed by atoms with E-state index < -0.39 is 0 Å². The van der Waals surface area contributed by atoms with Crippen molar-refractivity contribution >= 4 is 11.6 Å². The summed E-state index contributed by atoms with van der Waals surface area (Å²) < 4.78 is 0. The van der Waals surface area contributed by atoms with Crippen molar-refractivity contribution in [1.29, 1.82) is 0 Å². The summed E-state index contributed by atoms with van der Waals surface area (Å²) in [7, 11) is 2.08. The average Bonchev–Trinajstić information content (AvgIpc) is 3.05. The van der Waals surface area contributed by atoms with E-state index in [1.54, 1.807) is 0 Å². The van der Waals surface area contributed by atoms with E-state index in [0.29, 0.717) is 6.04 Å². The van der Waals surface area contributed by atoms with Gasteiger partial charge >= 0.3 is 0 Å². The maximum atomic E-state index is 6.10. The number of nitrogens with one attached hydrogen (secondary N) is 1. The fraction of sp³-hybridized carbons (Fsp3) is 0.600. The molecule has 2 aliphatic carbocycles. The number of halogens is 1. The lowest BCUT2D eigenvalue weighted by atomic mass is 10.00. The van der Waals surface area contributed by atoms with Crippen LogP contribution in [0, 0.1) is 17.8 Å². The largest absolute Gasteiger partial charge is 0.313 e. The highest BCUT2D eigenvalue weighted by molar-refractivity contribution is 6.30. The van der Waals surface area contributed by atoms with Gasteiger partial charge in [0.2, 0.25) is 0 Å². The molecule has 0 aliphatic heterocycles. The van der Waals surface area contributed by atoms with E-state index in [4.69, 9.17) is 11.6 Å². The van der Waals surface area contributed by atoms with Crippen LogP contribution in [0.4, 0.5) is 0 Å². The van der Waals surface area contributed by atoms with Crippen LogP contribution in [0.1, 0.15) is 37.3 Å². The van der Waals surface area contributed by atoms with Gasteiger partial charge in [-0.25, -0.2) is 0 Å². The number of hydrogen-bond donors (Lipinski definition) is 1. The summed E-state index contributed by atoms with van der Waals surface area (Å²) in [5.74, 6) is 2.79. The van der Waals surface area contributed by atoms with Crippen molar-refractivity contribution < 1.29 is 0 Å². The Kier molecular flexibility index (Phi) is 3.14. The first kappa shape index (κ1) is 11.6. The fourth-order valence-electron chi connectivity index (χ4n) is 3.82. The molecule has 2 aliphatic rings. The Labute approximate surface area is 109 Å². The van der Waals surface area contributed by atoms with Crippen molar-refractivity contribution in [3.63, 3.8) is 0 Å². The Morgan fingerprint density at radius 3 is 2.53 bits per heavy atom. The molecule has 92 valence electrons. The van der Waals surface area contributed by atoms with E-state index in [-0.39, 0.29) is 0 Å². The smallest absolute Gasteiger partial charge is 0.0409 e. The number of benzene rings is 1. The molecule has 1 aromatic rings. The molecule has 0 saturated heterocycles. The molecule has 2 heteroatoms. The maximum absolute atomic E-state index is 6.10. The first-order valence-electron chi connectivity index (χ1n) is 6.74. The Morgan fingerprint density at radius 1 is 1.24 bits per heavy atom. The second-order valence-corrected chi connectivity index (χ2v) is 5.95. The topological polar surface area (TPSA) is 12.0 Å². The van der Waals surface area contributed by atoms with E-state index in [1.165, 1.54) is 31.2 Å². The van der Waals surface area contributed by atoms with Gasteiger partial charge in [0.1, 0.15) is 0 Å². The molecule has 1 N–H and O–H groups in total. The Hall–Kier alpha value is -0.530.